The third-order valence-corrected chi connectivity index (χ3v) is 5.19. The van der Waals surface area contributed by atoms with Crippen LogP contribution in [-0.2, 0) is 0 Å². The molecule has 0 aliphatic carbocycles. The van der Waals surface area contributed by atoms with Gasteiger partial charge in [-0.25, -0.2) is 4.79 Å². The first-order chi connectivity index (χ1) is 16.1. The summed E-state index contributed by atoms with van der Waals surface area (Å²) in [4.78, 5) is 17.6. The number of carboxylic acids is 1. The zero-order valence-corrected chi connectivity index (χ0v) is 18.6. The van der Waals surface area contributed by atoms with Crippen molar-refractivity contribution in [3.05, 3.63) is 83.4 Å². The first-order valence-electron chi connectivity index (χ1n) is 10.5. The molecule has 0 aliphatic rings. The second kappa shape index (κ2) is 10.7. The van der Waals surface area contributed by atoms with Crippen LogP contribution in [0.2, 0.25) is 5.02 Å². The van der Waals surface area contributed by atoms with Crippen LogP contribution in [0.3, 0.4) is 0 Å². The van der Waals surface area contributed by atoms with Crippen molar-refractivity contribution in [2.24, 2.45) is 0 Å². The number of para-hydroxylation sites is 2. The lowest BCUT2D eigenvalue weighted by Crippen LogP contribution is -2.30. The van der Waals surface area contributed by atoms with Crippen LogP contribution < -0.4 is 14.4 Å². The Bertz CT molecular complexity index is 1160. The van der Waals surface area contributed by atoms with E-state index in [1.807, 2.05) is 41.3 Å². The van der Waals surface area contributed by atoms with Crippen molar-refractivity contribution in [3.8, 4) is 11.5 Å². The minimum Gasteiger partial charge on any atom is -0.494 e. The topological polar surface area (TPSA) is 85.0 Å². The second-order valence-electron chi connectivity index (χ2n) is 7.29. The Labute approximate surface area is 196 Å². The van der Waals surface area contributed by atoms with E-state index in [1.165, 1.54) is 12.1 Å². The lowest BCUT2D eigenvalue weighted by Gasteiger charge is -2.21. The maximum Gasteiger partial charge on any atom is 0.335 e. The molecule has 0 amide bonds. The Morgan fingerprint density at radius 3 is 2.27 bits per heavy atom. The minimum atomic E-state index is -0.962. The number of aromatic carboxylic acids is 1. The number of anilines is 1. The van der Waals surface area contributed by atoms with Crippen LogP contribution >= 0.6 is 11.6 Å². The zero-order valence-electron chi connectivity index (χ0n) is 17.8. The number of hydrogen-bond acceptors (Lipinski definition) is 6. The summed E-state index contributed by atoms with van der Waals surface area (Å²) in [6, 6.07) is 21.8. The number of fused-ring (bicyclic) bond motifs is 1. The monoisotopic (exact) mass is 466 g/mol. The van der Waals surface area contributed by atoms with E-state index in [4.69, 9.17) is 30.6 Å². The van der Waals surface area contributed by atoms with Crippen LogP contribution in [0.1, 0.15) is 16.8 Å². The van der Waals surface area contributed by atoms with E-state index in [2.05, 4.69) is 4.98 Å². The van der Waals surface area contributed by atoms with Gasteiger partial charge in [-0.3, -0.25) is 0 Å². The van der Waals surface area contributed by atoms with Gasteiger partial charge in [0.15, 0.2) is 5.58 Å². The average molecular weight is 467 g/mol. The van der Waals surface area contributed by atoms with E-state index in [1.54, 1.807) is 24.3 Å². The predicted molar refractivity (Wildman–Crippen MR) is 127 cm³/mol. The minimum absolute atomic E-state index is 0.227. The molecule has 0 unspecified atom stereocenters. The number of ether oxygens (including phenoxy) is 2. The first-order valence-corrected chi connectivity index (χ1v) is 10.9. The fourth-order valence-corrected chi connectivity index (χ4v) is 3.37. The molecular weight excluding hydrogens is 444 g/mol. The first kappa shape index (κ1) is 22.5. The standard InChI is InChI=1S/C25H23ClN2O5/c26-19-8-12-21(13-9-19)32-17-15-28(25-27-22-4-1-2-5-23(22)33-25)14-3-16-31-20-10-6-18(7-11-20)24(29)30/h1-2,4-13H,3,14-17H2,(H,29,30). The molecule has 0 bridgehead atoms. The molecule has 4 aromatic rings. The molecule has 3 aromatic carbocycles. The summed E-state index contributed by atoms with van der Waals surface area (Å²) in [5, 5.41) is 9.65. The molecule has 1 heterocycles. The number of hydrogen-bond donors (Lipinski definition) is 1. The van der Waals surface area contributed by atoms with Gasteiger partial charge in [0.05, 0.1) is 18.7 Å². The van der Waals surface area contributed by atoms with E-state index in [0.717, 1.165) is 16.8 Å². The van der Waals surface area contributed by atoms with E-state index < -0.39 is 5.97 Å². The summed E-state index contributed by atoms with van der Waals surface area (Å²) in [5.41, 5.74) is 1.75. The normalized spacial score (nSPS) is 10.8. The molecule has 0 fully saturated rings. The van der Waals surface area contributed by atoms with Gasteiger partial charge in [-0.1, -0.05) is 23.7 Å². The van der Waals surface area contributed by atoms with Crippen molar-refractivity contribution in [2.45, 2.75) is 6.42 Å². The van der Waals surface area contributed by atoms with Gasteiger partial charge in [-0.2, -0.15) is 4.98 Å². The van der Waals surface area contributed by atoms with E-state index >= 15 is 0 Å². The molecular formula is C25H23ClN2O5. The lowest BCUT2D eigenvalue weighted by atomic mass is 10.2. The summed E-state index contributed by atoms with van der Waals surface area (Å²) in [5.74, 6) is 0.404. The van der Waals surface area contributed by atoms with Gasteiger partial charge < -0.3 is 23.9 Å². The molecule has 33 heavy (non-hydrogen) atoms. The second-order valence-corrected chi connectivity index (χ2v) is 7.72. The van der Waals surface area contributed by atoms with Gasteiger partial charge in [0.1, 0.15) is 23.6 Å². The quantitative estimate of drug-likeness (QED) is 0.291. The van der Waals surface area contributed by atoms with Gasteiger partial charge in [0.2, 0.25) is 0 Å². The fraction of sp³-hybridized carbons (Fsp3) is 0.200. The Kier molecular flexibility index (Phi) is 7.32. The van der Waals surface area contributed by atoms with Crippen molar-refractivity contribution in [3.63, 3.8) is 0 Å². The van der Waals surface area contributed by atoms with Crippen LogP contribution in [0.25, 0.3) is 11.1 Å². The highest BCUT2D eigenvalue weighted by molar-refractivity contribution is 6.30. The molecule has 0 saturated heterocycles. The number of rotatable bonds is 11. The lowest BCUT2D eigenvalue weighted by molar-refractivity contribution is 0.0697. The summed E-state index contributed by atoms with van der Waals surface area (Å²) >= 11 is 5.93. The number of halogens is 1. The Morgan fingerprint density at radius 2 is 1.58 bits per heavy atom. The summed E-state index contributed by atoms with van der Waals surface area (Å²) in [6.45, 7) is 2.12. The number of carbonyl (C=O) groups is 1. The molecule has 1 N–H and O–H groups in total. The fourth-order valence-electron chi connectivity index (χ4n) is 3.24. The summed E-state index contributed by atoms with van der Waals surface area (Å²) < 4.78 is 17.5. The molecule has 0 aliphatic heterocycles. The van der Waals surface area contributed by atoms with Crippen molar-refractivity contribution in [2.75, 3.05) is 31.2 Å². The van der Waals surface area contributed by atoms with Gasteiger partial charge in [-0.05, 0) is 67.1 Å². The SMILES string of the molecule is O=C(O)c1ccc(OCCCN(CCOc2ccc(Cl)cc2)c2nc3ccccc3o2)cc1. The Morgan fingerprint density at radius 1 is 0.909 bits per heavy atom. The molecule has 170 valence electrons. The van der Waals surface area contributed by atoms with Gasteiger partial charge in [0.25, 0.3) is 6.01 Å². The highest BCUT2D eigenvalue weighted by Crippen LogP contribution is 2.22. The maximum absolute atomic E-state index is 11.0. The number of carboxylic acid groups (broad SMARTS) is 1. The summed E-state index contributed by atoms with van der Waals surface area (Å²) in [6.07, 6.45) is 0.709. The van der Waals surface area contributed by atoms with E-state index in [0.29, 0.717) is 49.5 Å². The molecule has 0 radical (unpaired) electrons. The van der Waals surface area contributed by atoms with Crippen LogP contribution in [0.5, 0.6) is 11.5 Å². The van der Waals surface area contributed by atoms with Crippen molar-refractivity contribution < 1.29 is 23.8 Å². The maximum atomic E-state index is 11.0. The van der Waals surface area contributed by atoms with Crippen LogP contribution in [0.4, 0.5) is 6.01 Å². The van der Waals surface area contributed by atoms with Gasteiger partial charge in [-0.15, -0.1) is 0 Å². The Balaban J connectivity index is 1.35. The van der Waals surface area contributed by atoms with E-state index in [9.17, 15) is 4.79 Å². The molecule has 7 nitrogen and oxygen atoms in total. The molecule has 1 aromatic heterocycles. The highest BCUT2D eigenvalue weighted by atomic mass is 35.5. The van der Waals surface area contributed by atoms with Crippen molar-refractivity contribution in [1.29, 1.82) is 0 Å². The highest BCUT2D eigenvalue weighted by Gasteiger charge is 2.14. The zero-order chi connectivity index (χ0) is 23.0. The van der Waals surface area contributed by atoms with Gasteiger partial charge >= 0.3 is 5.97 Å². The van der Waals surface area contributed by atoms with E-state index in [-0.39, 0.29) is 5.56 Å². The summed E-state index contributed by atoms with van der Waals surface area (Å²) in [7, 11) is 0. The van der Waals surface area contributed by atoms with Crippen LogP contribution in [-0.4, -0.2) is 42.4 Å². The van der Waals surface area contributed by atoms with Crippen LogP contribution in [0.15, 0.2) is 77.2 Å². The number of aromatic nitrogens is 1. The van der Waals surface area contributed by atoms with Crippen molar-refractivity contribution in [1.82, 2.24) is 4.98 Å². The smallest absolute Gasteiger partial charge is 0.335 e. The predicted octanol–water partition coefficient (Wildman–Crippen LogP) is 5.53. The Hall–Kier alpha value is -3.71. The molecule has 0 spiro atoms. The average Bonchev–Trinajstić information content (AvgIpc) is 3.26. The molecule has 0 atom stereocenters. The third-order valence-electron chi connectivity index (χ3n) is 4.94. The van der Waals surface area contributed by atoms with Crippen molar-refractivity contribution >= 4 is 34.7 Å². The number of benzene rings is 3. The third kappa shape index (κ3) is 6.17. The largest absolute Gasteiger partial charge is 0.494 e. The van der Waals surface area contributed by atoms with Gasteiger partial charge in [0, 0.05) is 11.6 Å². The number of nitrogens with zero attached hydrogens (tertiary/aromatic N) is 2. The molecule has 0 saturated carbocycles. The number of oxazole rings is 1. The molecule has 8 heteroatoms. The van der Waals surface area contributed by atoms with Crippen LogP contribution in [0, 0.1) is 0 Å². The molecule has 4 rings (SSSR count).